The molecule has 3 rings (SSSR count). The Labute approximate surface area is 128 Å². The van der Waals surface area contributed by atoms with Crippen molar-refractivity contribution in [1.29, 1.82) is 0 Å². The Morgan fingerprint density at radius 1 is 1.36 bits per heavy atom. The molecule has 1 aliphatic rings. The summed E-state index contributed by atoms with van der Waals surface area (Å²) in [6.07, 6.45) is 4.68. The van der Waals surface area contributed by atoms with E-state index in [4.69, 9.17) is 4.74 Å². The second-order valence-corrected chi connectivity index (χ2v) is 5.04. The van der Waals surface area contributed by atoms with Crippen LogP contribution in [0.5, 0.6) is 0 Å². The third-order valence-corrected chi connectivity index (χ3v) is 3.59. The fourth-order valence-corrected chi connectivity index (χ4v) is 2.24. The smallest absolute Gasteiger partial charge is 0.250 e. The van der Waals surface area contributed by atoms with Crippen molar-refractivity contribution in [2.75, 3.05) is 36.5 Å². The zero-order valence-electron chi connectivity index (χ0n) is 12.3. The maximum Gasteiger partial charge on any atom is 0.250 e. The van der Waals surface area contributed by atoms with Crippen molar-refractivity contribution in [3.05, 3.63) is 31.0 Å². The van der Waals surface area contributed by atoms with Gasteiger partial charge < -0.3 is 15.0 Å². The van der Waals surface area contributed by atoms with Crippen molar-refractivity contribution >= 4 is 17.4 Å². The van der Waals surface area contributed by atoms with E-state index in [0.29, 0.717) is 5.82 Å². The Balaban J connectivity index is 1.62. The van der Waals surface area contributed by atoms with Crippen LogP contribution in [0.2, 0.25) is 0 Å². The van der Waals surface area contributed by atoms with Crippen LogP contribution in [-0.2, 0) is 9.53 Å². The first kappa shape index (κ1) is 14.5. The first-order valence-corrected chi connectivity index (χ1v) is 7.18. The molecule has 2 aromatic rings. The van der Waals surface area contributed by atoms with Gasteiger partial charge in [0.25, 0.3) is 0 Å². The minimum Gasteiger partial charge on any atom is -0.378 e. The van der Waals surface area contributed by atoms with Crippen LogP contribution >= 0.6 is 0 Å². The Morgan fingerprint density at radius 2 is 2.18 bits per heavy atom. The van der Waals surface area contributed by atoms with Gasteiger partial charge in [-0.15, -0.1) is 0 Å². The van der Waals surface area contributed by atoms with Gasteiger partial charge in [0.05, 0.1) is 25.1 Å². The summed E-state index contributed by atoms with van der Waals surface area (Å²) in [6.45, 7) is 4.93. The molecule has 1 aliphatic heterocycles. The van der Waals surface area contributed by atoms with E-state index in [9.17, 15) is 4.79 Å². The summed E-state index contributed by atoms with van der Waals surface area (Å²) in [5, 5.41) is 6.74. The van der Waals surface area contributed by atoms with Crippen LogP contribution in [0.3, 0.4) is 0 Å². The second-order valence-electron chi connectivity index (χ2n) is 5.04. The Morgan fingerprint density at radius 3 is 2.82 bits per heavy atom. The molecule has 1 saturated heterocycles. The number of nitrogens with one attached hydrogen (secondary N) is 1. The van der Waals surface area contributed by atoms with Crippen molar-refractivity contribution in [3.8, 4) is 0 Å². The van der Waals surface area contributed by atoms with E-state index in [-0.39, 0.29) is 5.91 Å². The summed E-state index contributed by atoms with van der Waals surface area (Å²) in [4.78, 5) is 22.5. The summed E-state index contributed by atoms with van der Waals surface area (Å²) < 4.78 is 6.82. The molecule has 1 amide bonds. The Bertz CT molecular complexity index is 607. The number of aromatic nitrogens is 4. The molecule has 1 N–H and O–H groups in total. The van der Waals surface area contributed by atoms with Gasteiger partial charge >= 0.3 is 0 Å². The Kier molecular flexibility index (Phi) is 4.29. The van der Waals surface area contributed by atoms with E-state index in [0.717, 1.165) is 32.0 Å². The second kappa shape index (κ2) is 6.52. The van der Waals surface area contributed by atoms with Crippen molar-refractivity contribution < 1.29 is 9.53 Å². The first-order valence-electron chi connectivity index (χ1n) is 7.18. The van der Waals surface area contributed by atoms with E-state index >= 15 is 0 Å². The summed E-state index contributed by atoms with van der Waals surface area (Å²) in [5.74, 6) is 0.339. The third kappa shape index (κ3) is 3.22. The van der Waals surface area contributed by atoms with Crippen LogP contribution in [0.15, 0.2) is 31.0 Å². The molecule has 0 spiro atoms. The molecular formula is C14H18N6O2. The molecule has 8 heteroatoms. The van der Waals surface area contributed by atoms with Crippen LogP contribution in [0.25, 0.3) is 0 Å². The number of amides is 1. The van der Waals surface area contributed by atoms with Crippen molar-refractivity contribution in [3.63, 3.8) is 0 Å². The summed E-state index contributed by atoms with van der Waals surface area (Å²) in [6, 6.07) is 3.31. The van der Waals surface area contributed by atoms with Crippen molar-refractivity contribution in [1.82, 2.24) is 19.7 Å². The standard InChI is InChI=1S/C14H18N6O2/c1-11(20-10-15-9-17-20)14(21)18-13-3-2-12(8-16-13)19-4-6-22-7-5-19/h2-3,8-11H,4-7H2,1H3,(H,16,18,21)/t11-/m0/s1. The lowest BCUT2D eigenvalue weighted by atomic mass is 10.3. The number of rotatable bonds is 4. The van der Waals surface area contributed by atoms with Crippen molar-refractivity contribution in [2.45, 2.75) is 13.0 Å². The highest BCUT2D eigenvalue weighted by molar-refractivity contribution is 5.92. The predicted octanol–water partition coefficient (Wildman–Crippen LogP) is 0.709. The number of carbonyl (C=O) groups excluding carboxylic acids is 1. The first-order chi connectivity index (χ1) is 10.7. The fraction of sp³-hybridized carbons (Fsp3) is 0.429. The van der Waals surface area contributed by atoms with Gasteiger partial charge in [-0.25, -0.2) is 14.6 Å². The number of nitrogens with zero attached hydrogens (tertiary/aromatic N) is 5. The van der Waals surface area contributed by atoms with Crippen LogP contribution in [0.4, 0.5) is 11.5 Å². The van der Waals surface area contributed by atoms with Gasteiger partial charge in [0.2, 0.25) is 5.91 Å². The van der Waals surface area contributed by atoms with Crippen LogP contribution in [-0.4, -0.2) is 52.0 Å². The quantitative estimate of drug-likeness (QED) is 0.895. The molecule has 8 nitrogen and oxygen atoms in total. The number of pyridine rings is 1. The third-order valence-electron chi connectivity index (χ3n) is 3.59. The zero-order valence-corrected chi connectivity index (χ0v) is 12.3. The lowest BCUT2D eigenvalue weighted by Crippen LogP contribution is -2.36. The van der Waals surface area contributed by atoms with Crippen molar-refractivity contribution in [2.24, 2.45) is 0 Å². The zero-order chi connectivity index (χ0) is 15.4. The highest BCUT2D eigenvalue weighted by Crippen LogP contribution is 2.17. The van der Waals surface area contributed by atoms with Gasteiger partial charge in [0.1, 0.15) is 24.5 Å². The predicted molar refractivity (Wildman–Crippen MR) is 80.6 cm³/mol. The van der Waals surface area contributed by atoms with E-state index in [2.05, 4.69) is 25.3 Å². The number of ether oxygens (including phenoxy) is 1. The molecular weight excluding hydrogens is 284 g/mol. The summed E-state index contributed by atoms with van der Waals surface area (Å²) in [7, 11) is 0. The van der Waals surface area contributed by atoms with Gasteiger partial charge in [-0.1, -0.05) is 0 Å². The minimum absolute atomic E-state index is 0.183. The molecule has 116 valence electrons. The lowest BCUT2D eigenvalue weighted by Gasteiger charge is -2.28. The summed E-state index contributed by atoms with van der Waals surface area (Å²) >= 11 is 0. The molecule has 22 heavy (non-hydrogen) atoms. The number of hydrogen-bond donors (Lipinski definition) is 1. The molecule has 0 radical (unpaired) electrons. The van der Waals surface area contributed by atoms with Gasteiger partial charge in [-0.05, 0) is 19.1 Å². The SMILES string of the molecule is C[C@@H](C(=O)Nc1ccc(N2CCOCC2)cn1)n1cncn1. The molecule has 3 heterocycles. The highest BCUT2D eigenvalue weighted by Gasteiger charge is 2.16. The maximum absolute atomic E-state index is 12.1. The average molecular weight is 302 g/mol. The molecule has 0 aliphatic carbocycles. The molecule has 0 saturated carbocycles. The van der Waals surface area contributed by atoms with Gasteiger partial charge in [0, 0.05) is 13.1 Å². The fourth-order valence-electron chi connectivity index (χ4n) is 2.24. The van der Waals surface area contributed by atoms with E-state index in [1.165, 1.54) is 17.3 Å². The number of carbonyl (C=O) groups is 1. The van der Waals surface area contributed by atoms with Gasteiger partial charge in [0.15, 0.2) is 0 Å². The molecule has 1 atom stereocenters. The van der Waals surface area contributed by atoms with E-state index < -0.39 is 6.04 Å². The molecule has 1 fully saturated rings. The molecule has 0 aromatic carbocycles. The van der Waals surface area contributed by atoms with Gasteiger partial charge in [-0.2, -0.15) is 5.10 Å². The number of anilines is 2. The van der Waals surface area contributed by atoms with Crippen LogP contribution in [0, 0.1) is 0 Å². The molecule has 0 unspecified atom stereocenters. The largest absolute Gasteiger partial charge is 0.378 e. The number of hydrogen-bond acceptors (Lipinski definition) is 6. The maximum atomic E-state index is 12.1. The van der Waals surface area contributed by atoms with Gasteiger partial charge in [-0.3, -0.25) is 4.79 Å². The monoisotopic (exact) mass is 302 g/mol. The lowest BCUT2D eigenvalue weighted by molar-refractivity contribution is -0.119. The topological polar surface area (TPSA) is 85.2 Å². The highest BCUT2D eigenvalue weighted by atomic mass is 16.5. The van der Waals surface area contributed by atoms with Crippen LogP contribution < -0.4 is 10.2 Å². The average Bonchev–Trinajstić information content (AvgIpc) is 3.10. The number of morpholine rings is 1. The minimum atomic E-state index is -0.441. The van der Waals surface area contributed by atoms with E-state index in [1.807, 2.05) is 6.07 Å². The van der Waals surface area contributed by atoms with E-state index in [1.54, 1.807) is 19.2 Å². The Hall–Kier alpha value is -2.48. The van der Waals surface area contributed by atoms with Crippen LogP contribution in [0.1, 0.15) is 13.0 Å². The molecule has 2 aromatic heterocycles. The summed E-state index contributed by atoms with van der Waals surface area (Å²) in [5.41, 5.74) is 1.03. The molecule has 0 bridgehead atoms. The normalized spacial score (nSPS) is 16.3.